The molecule has 1 aromatic carbocycles. The van der Waals surface area contributed by atoms with Crippen LogP contribution < -0.4 is 0 Å². The number of carbonyl (C=O) groups excluding carboxylic acids is 1. The standard InChI is InChI=1S/C17H20FNO2/c1-13-5-4-9-19(17(13)21)12-15-7-8-16(18)11-14(15)6-2-3-10-20/h7-8,11,13,20H,3-5,9-10,12H2,1H3. The summed E-state index contributed by atoms with van der Waals surface area (Å²) in [6, 6.07) is 4.47. The van der Waals surface area contributed by atoms with Gasteiger partial charge in [-0.15, -0.1) is 0 Å². The first kappa shape index (κ1) is 15.5. The summed E-state index contributed by atoms with van der Waals surface area (Å²) in [4.78, 5) is 14.0. The van der Waals surface area contributed by atoms with Gasteiger partial charge in [-0.05, 0) is 30.5 Å². The molecule has 0 spiro atoms. The van der Waals surface area contributed by atoms with Crippen molar-refractivity contribution in [2.75, 3.05) is 13.2 Å². The van der Waals surface area contributed by atoms with Crippen LogP contribution >= 0.6 is 0 Å². The SMILES string of the molecule is CC1CCCN(Cc2ccc(F)cc2C#CCCO)C1=O. The molecule has 1 atom stereocenters. The molecular weight excluding hydrogens is 269 g/mol. The molecular formula is C17H20FNO2. The Balaban J connectivity index is 2.19. The molecule has 3 nitrogen and oxygen atoms in total. The number of likely N-dealkylation sites (tertiary alicyclic amines) is 1. The molecule has 1 N–H and O–H groups in total. The Labute approximate surface area is 124 Å². The lowest BCUT2D eigenvalue weighted by molar-refractivity contribution is -0.138. The molecule has 0 saturated carbocycles. The summed E-state index contributed by atoms with van der Waals surface area (Å²) in [6.07, 6.45) is 2.29. The summed E-state index contributed by atoms with van der Waals surface area (Å²) >= 11 is 0. The lowest BCUT2D eigenvalue weighted by Crippen LogP contribution is -2.39. The van der Waals surface area contributed by atoms with Gasteiger partial charge in [-0.25, -0.2) is 4.39 Å². The first-order chi connectivity index (χ1) is 10.1. The van der Waals surface area contributed by atoms with Crippen molar-refractivity contribution < 1.29 is 14.3 Å². The average molecular weight is 289 g/mol. The maximum Gasteiger partial charge on any atom is 0.225 e. The van der Waals surface area contributed by atoms with Gasteiger partial charge in [0, 0.05) is 31.0 Å². The van der Waals surface area contributed by atoms with Gasteiger partial charge in [0.05, 0.1) is 6.61 Å². The highest BCUT2D eigenvalue weighted by Gasteiger charge is 2.25. The summed E-state index contributed by atoms with van der Waals surface area (Å²) in [5, 5.41) is 8.76. The Hall–Kier alpha value is -1.86. The van der Waals surface area contributed by atoms with Crippen molar-refractivity contribution in [3.63, 3.8) is 0 Å². The lowest BCUT2D eigenvalue weighted by Gasteiger charge is -2.31. The maximum atomic E-state index is 13.4. The predicted octanol–water partition coefficient (Wildman–Crippen LogP) is 2.32. The molecule has 21 heavy (non-hydrogen) atoms. The van der Waals surface area contributed by atoms with Gasteiger partial charge < -0.3 is 10.0 Å². The second kappa shape index (κ2) is 7.24. The average Bonchev–Trinajstić information content (AvgIpc) is 2.46. The maximum absolute atomic E-state index is 13.4. The van der Waals surface area contributed by atoms with Gasteiger partial charge in [-0.1, -0.05) is 24.8 Å². The number of piperidine rings is 1. The molecule has 1 aromatic rings. The van der Waals surface area contributed by atoms with E-state index in [1.807, 2.05) is 11.8 Å². The number of halogens is 1. The van der Waals surface area contributed by atoms with Gasteiger partial charge >= 0.3 is 0 Å². The van der Waals surface area contributed by atoms with Crippen molar-refractivity contribution in [1.82, 2.24) is 4.90 Å². The number of aliphatic hydroxyl groups is 1. The number of hydrogen-bond donors (Lipinski definition) is 1. The smallest absolute Gasteiger partial charge is 0.225 e. The molecule has 1 amide bonds. The quantitative estimate of drug-likeness (QED) is 0.868. The van der Waals surface area contributed by atoms with Crippen LogP contribution in [-0.4, -0.2) is 29.1 Å². The van der Waals surface area contributed by atoms with E-state index in [2.05, 4.69) is 11.8 Å². The van der Waals surface area contributed by atoms with E-state index in [0.717, 1.165) is 24.9 Å². The van der Waals surface area contributed by atoms with Crippen molar-refractivity contribution in [1.29, 1.82) is 0 Å². The third-order valence-corrected chi connectivity index (χ3v) is 3.69. The van der Waals surface area contributed by atoms with Crippen LogP contribution in [0.4, 0.5) is 4.39 Å². The van der Waals surface area contributed by atoms with Crippen LogP contribution in [0.15, 0.2) is 18.2 Å². The molecule has 1 aliphatic rings. The normalized spacial score (nSPS) is 18.3. The number of hydrogen-bond acceptors (Lipinski definition) is 2. The number of amides is 1. The zero-order chi connectivity index (χ0) is 15.2. The van der Waals surface area contributed by atoms with E-state index in [1.54, 1.807) is 6.07 Å². The predicted molar refractivity (Wildman–Crippen MR) is 78.8 cm³/mol. The minimum absolute atomic E-state index is 0.0141. The number of carbonyl (C=O) groups is 1. The van der Waals surface area contributed by atoms with E-state index < -0.39 is 0 Å². The fourth-order valence-electron chi connectivity index (χ4n) is 2.51. The molecule has 1 heterocycles. The van der Waals surface area contributed by atoms with Gasteiger partial charge in [-0.2, -0.15) is 0 Å². The Bertz CT molecular complexity index is 574. The number of benzene rings is 1. The topological polar surface area (TPSA) is 40.5 Å². The van der Waals surface area contributed by atoms with Gasteiger partial charge in [-0.3, -0.25) is 4.79 Å². The lowest BCUT2D eigenvalue weighted by atomic mass is 9.98. The van der Waals surface area contributed by atoms with Crippen molar-refractivity contribution in [3.05, 3.63) is 35.1 Å². The first-order valence-corrected chi connectivity index (χ1v) is 7.28. The van der Waals surface area contributed by atoms with Crippen LogP contribution in [0.1, 0.15) is 37.3 Å². The van der Waals surface area contributed by atoms with Crippen LogP contribution in [-0.2, 0) is 11.3 Å². The Morgan fingerprint density at radius 3 is 3.05 bits per heavy atom. The Morgan fingerprint density at radius 1 is 1.48 bits per heavy atom. The first-order valence-electron chi connectivity index (χ1n) is 7.28. The molecule has 1 saturated heterocycles. The van der Waals surface area contributed by atoms with Gasteiger partial charge in [0.1, 0.15) is 5.82 Å². The van der Waals surface area contributed by atoms with Crippen LogP contribution in [0.5, 0.6) is 0 Å². The number of rotatable bonds is 3. The molecule has 2 rings (SSSR count). The highest BCUT2D eigenvalue weighted by Crippen LogP contribution is 2.21. The third kappa shape index (κ3) is 4.05. The fourth-order valence-corrected chi connectivity index (χ4v) is 2.51. The van der Waals surface area contributed by atoms with Crippen molar-refractivity contribution in [3.8, 4) is 11.8 Å². The van der Waals surface area contributed by atoms with Crippen molar-refractivity contribution in [2.45, 2.75) is 32.7 Å². The molecule has 1 unspecified atom stereocenters. The summed E-state index contributed by atoms with van der Waals surface area (Å²) in [5.74, 6) is 5.56. The molecule has 112 valence electrons. The van der Waals surface area contributed by atoms with Crippen LogP contribution in [0.3, 0.4) is 0 Å². The second-order valence-electron chi connectivity index (χ2n) is 5.38. The van der Waals surface area contributed by atoms with E-state index >= 15 is 0 Å². The third-order valence-electron chi connectivity index (χ3n) is 3.69. The highest BCUT2D eigenvalue weighted by atomic mass is 19.1. The van der Waals surface area contributed by atoms with Crippen LogP contribution in [0, 0.1) is 23.6 Å². The largest absolute Gasteiger partial charge is 0.395 e. The Morgan fingerprint density at radius 2 is 2.29 bits per heavy atom. The molecule has 4 heteroatoms. The van der Waals surface area contributed by atoms with E-state index in [4.69, 9.17) is 5.11 Å². The van der Waals surface area contributed by atoms with E-state index in [-0.39, 0.29) is 24.2 Å². The van der Waals surface area contributed by atoms with E-state index in [1.165, 1.54) is 12.1 Å². The van der Waals surface area contributed by atoms with Crippen LogP contribution in [0.25, 0.3) is 0 Å². The van der Waals surface area contributed by atoms with Gasteiger partial charge in [0.25, 0.3) is 0 Å². The van der Waals surface area contributed by atoms with Crippen molar-refractivity contribution in [2.24, 2.45) is 5.92 Å². The molecule has 1 aliphatic heterocycles. The van der Waals surface area contributed by atoms with Gasteiger partial charge in [0.2, 0.25) is 5.91 Å². The summed E-state index contributed by atoms with van der Waals surface area (Å²) in [7, 11) is 0. The monoisotopic (exact) mass is 289 g/mol. The van der Waals surface area contributed by atoms with Gasteiger partial charge in [0.15, 0.2) is 0 Å². The molecule has 0 bridgehead atoms. The number of nitrogens with zero attached hydrogens (tertiary/aromatic N) is 1. The molecule has 0 aliphatic carbocycles. The van der Waals surface area contributed by atoms with Crippen LogP contribution in [0.2, 0.25) is 0 Å². The number of aliphatic hydroxyl groups excluding tert-OH is 1. The molecule has 0 aromatic heterocycles. The molecule has 0 radical (unpaired) electrons. The minimum atomic E-state index is -0.342. The van der Waals surface area contributed by atoms with E-state index in [0.29, 0.717) is 18.5 Å². The highest BCUT2D eigenvalue weighted by molar-refractivity contribution is 5.79. The fraction of sp³-hybridized carbons (Fsp3) is 0.471. The summed E-state index contributed by atoms with van der Waals surface area (Å²) < 4.78 is 13.4. The summed E-state index contributed by atoms with van der Waals surface area (Å²) in [5.41, 5.74) is 1.44. The minimum Gasteiger partial charge on any atom is -0.395 e. The zero-order valence-electron chi connectivity index (χ0n) is 12.2. The second-order valence-corrected chi connectivity index (χ2v) is 5.38. The summed E-state index contributed by atoms with van der Waals surface area (Å²) in [6.45, 7) is 3.14. The molecule has 1 fully saturated rings. The van der Waals surface area contributed by atoms with Crippen molar-refractivity contribution >= 4 is 5.91 Å². The van der Waals surface area contributed by atoms with E-state index in [9.17, 15) is 9.18 Å². The zero-order valence-corrected chi connectivity index (χ0v) is 12.2. The Kier molecular flexibility index (Phi) is 5.35.